The molecule has 0 saturated heterocycles. The van der Waals surface area contributed by atoms with Gasteiger partial charge < -0.3 is 0 Å². The summed E-state index contributed by atoms with van der Waals surface area (Å²) < 4.78 is 18.2. The van der Waals surface area contributed by atoms with Crippen LogP contribution in [0.5, 0.6) is 0 Å². The molecule has 0 N–H and O–H groups in total. The summed E-state index contributed by atoms with van der Waals surface area (Å²) in [4.78, 5) is 0.767. The van der Waals surface area contributed by atoms with Crippen LogP contribution in [0, 0.1) is 17.8 Å². The summed E-state index contributed by atoms with van der Waals surface area (Å²) in [7, 11) is 0. The quantitative estimate of drug-likeness (QED) is 0.826. The molecular weight excluding hydrogens is 256 g/mol. The summed E-state index contributed by atoms with van der Waals surface area (Å²) >= 11 is -1.33. The first-order valence-corrected chi connectivity index (χ1v) is 8.29. The fourth-order valence-electron chi connectivity index (χ4n) is 2.92. The molecule has 1 aliphatic carbocycles. The highest BCUT2D eigenvalue weighted by molar-refractivity contribution is 7.80. The largest absolute Gasteiger partial charge is 0.283 e. The van der Waals surface area contributed by atoms with Crippen LogP contribution in [0.2, 0.25) is 0 Å². The van der Waals surface area contributed by atoms with E-state index < -0.39 is 11.1 Å². The summed E-state index contributed by atoms with van der Waals surface area (Å²) in [6, 6.07) is 9.47. The van der Waals surface area contributed by atoms with E-state index in [9.17, 15) is 4.21 Å². The zero-order chi connectivity index (χ0) is 13.8. The lowest BCUT2D eigenvalue weighted by Gasteiger charge is -2.36. The van der Waals surface area contributed by atoms with Crippen molar-refractivity contribution in [2.24, 2.45) is 17.8 Å². The van der Waals surface area contributed by atoms with Crippen LogP contribution in [0.4, 0.5) is 0 Å². The maximum absolute atomic E-state index is 12.3. The highest BCUT2D eigenvalue weighted by atomic mass is 32.2. The molecule has 0 spiro atoms. The molecule has 1 saturated carbocycles. The van der Waals surface area contributed by atoms with E-state index in [0.29, 0.717) is 17.8 Å². The first kappa shape index (κ1) is 14.7. The molecule has 19 heavy (non-hydrogen) atoms. The van der Waals surface area contributed by atoms with Crippen LogP contribution in [-0.2, 0) is 15.3 Å². The average molecular weight is 280 g/mol. The van der Waals surface area contributed by atoms with E-state index in [1.54, 1.807) is 0 Å². The average Bonchev–Trinajstić information content (AvgIpc) is 2.39. The molecular formula is C16H24O2S. The van der Waals surface area contributed by atoms with Crippen LogP contribution >= 0.6 is 0 Å². The van der Waals surface area contributed by atoms with Gasteiger partial charge in [0.1, 0.15) is 0 Å². The summed E-state index contributed by atoms with van der Waals surface area (Å²) in [5.41, 5.74) is 0. The molecule has 2 nitrogen and oxygen atoms in total. The van der Waals surface area contributed by atoms with Crippen molar-refractivity contribution in [3.8, 4) is 0 Å². The molecule has 1 aromatic carbocycles. The van der Waals surface area contributed by atoms with E-state index in [2.05, 4.69) is 20.8 Å². The van der Waals surface area contributed by atoms with Gasteiger partial charge in [-0.15, -0.1) is 0 Å². The van der Waals surface area contributed by atoms with Gasteiger partial charge >= 0.3 is 0 Å². The van der Waals surface area contributed by atoms with Crippen molar-refractivity contribution < 1.29 is 8.39 Å². The van der Waals surface area contributed by atoms with Gasteiger partial charge in [0.2, 0.25) is 0 Å². The summed E-state index contributed by atoms with van der Waals surface area (Å²) in [6.45, 7) is 6.74. The van der Waals surface area contributed by atoms with E-state index >= 15 is 0 Å². The van der Waals surface area contributed by atoms with Gasteiger partial charge in [0.25, 0.3) is 0 Å². The van der Waals surface area contributed by atoms with Crippen molar-refractivity contribution in [1.29, 1.82) is 0 Å². The Bertz CT molecular complexity index is 416. The number of rotatable bonds is 4. The Balaban J connectivity index is 2.04. The summed E-state index contributed by atoms with van der Waals surface area (Å²) in [5, 5.41) is 0. The summed E-state index contributed by atoms with van der Waals surface area (Å²) in [6.07, 6.45) is 3.61. The molecule has 2 rings (SSSR count). The van der Waals surface area contributed by atoms with Crippen LogP contribution in [0.3, 0.4) is 0 Å². The van der Waals surface area contributed by atoms with Gasteiger partial charge in [-0.1, -0.05) is 45.4 Å². The zero-order valence-electron chi connectivity index (χ0n) is 12.0. The van der Waals surface area contributed by atoms with Crippen LogP contribution in [0.1, 0.15) is 40.0 Å². The maximum atomic E-state index is 12.3. The SMILES string of the molecule is CC1CCC(C(C)C)C(OS(=O)c2ccccc2)C1. The molecule has 106 valence electrons. The highest BCUT2D eigenvalue weighted by Crippen LogP contribution is 2.36. The van der Waals surface area contributed by atoms with Gasteiger partial charge in [0, 0.05) is 0 Å². The van der Waals surface area contributed by atoms with Crippen molar-refractivity contribution in [2.45, 2.75) is 51.0 Å². The van der Waals surface area contributed by atoms with E-state index in [4.69, 9.17) is 4.18 Å². The van der Waals surface area contributed by atoms with Gasteiger partial charge in [-0.25, -0.2) is 4.21 Å². The number of hydrogen-bond donors (Lipinski definition) is 0. The Labute approximate surface area is 119 Å². The van der Waals surface area contributed by atoms with Gasteiger partial charge in [0.05, 0.1) is 11.0 Å². The Morgan fingerprint density at radius 2 is 1.89 bits per heavy atom. The molecule has 0 radical (unpaired) electrons. The lowest BCUT2D eigenvalue weighted by molar-refractivity contribution is 0.0567. The molecule has 1 aromatic rings. The highest BCUT2D eigenvalue weighted by Gasteiger charge is 2.33. The van der Waals surface area contributed by atoms with Crippen molar-refractivity contribution in [2.75, 3.05) is 0 Å². The Kier molecular flexibility index (Phi) is 5.17. The van der Waals surface area contributed by atoms with Crippen molar-refractivity contribution >= 4 is 11.1 Å². The second-order valence-electron chi connectivity index (χ2n) is 6.01. The minimum atomic E-state index is -1.33. The normalized spacial score (nSPS) is 29.4. The molecule has 0 aliphatic heterocycles. The predicted octanol–water partition coefficient (Wildman–Crippen LogP) is 4.19. The number of benzene rings is 1. The van der Waals surface area contributed by atoms with Gasteiger partial charge in [-0.3, -0.25) is 4.18 Å². The second-order valence-corrected chi connectivity index (χ2v) is 7.14. The first-order chi connectivity index (χ1) is 9.08. The predicted molar refractivity (Wildman–Crippen MR) is 79.1 cm³/mol. The number of hydrogen-bond acceptors (Lipinski definition) is 2. The van der Waals surface area contributed by atoms with Crippen LogP contribution < -0.4 is 0 Å². The first-order valence-electron chi connectivity index (χ1n) is 7.22. The fourth-order valence-corrected chi connectivity index (χ4v) is 3.86. The molecule has 0 bridgehead atoms. The van der Waals surface area contributed by atoms with Crippen molar-refractivity contribution in [1.82, 2.24) is 0 Å². The summed E-state index contributed by atoms with van der Waals surface area (Å²) in [5.74, 6) is 1.79. The van der Waals surface area contributed by atoms with E-state index in [0.717, 1.165) is 11.3 Å². The van der Waals surface area contributed by atoms with Gasteiger partial charge in [-0.2, -0.15) is 0 Å². The molecule has 3 heteroatoms. The van der Waals surface area contributed by atoms with Gasteiger partial charge in [0.15, 0.2) is 11.1 Å². The molecule has 1 aliphatic rings. The lowest BCUT2D eigenvalue weighted by atomic mass is 9.75. The maximum Gasteiger partial charge on any atom is 0.189 e. The molecule has 1 fully saturated rings. The molecule has 0 amide bonds. The van der Waals surface area contributed by atoms with E-state index in [1.165, 1.54) is 12.8 Å². The van der Waals surface area contributed by atoms with E-state index in [-0.39, 0.29) is 6.10 Å². The van der Waals surface area contributed by atoms with Gasteiger partial charge in [-0.05, 0) is 42.7 Å². The molecule has 4 atom stereocenters. The van der Waals surface area contributed by atoms with Crippen LogP contribution in [0.15, 0.2) is 35.2 Å². The second kappa shape index (κ2) is 6.67. The molecule has 4 unspecified atom stereocenters. The monoisotopic (exact) mass is 280 g/mol. The smallest absolute Gasteiger partial charge is 0.189 e. The van der Waals surface area contributed by atoms with Crippen LogP contribution in [0.25, 0.3) is 0 Å². The Morgan fingerprint density at radius 1 is 1.21 bits per heavy atom. The minimum absolute atomic E-state index is 0.129. The molecule has 0 aromatic heterocycles. The van der Waals surface area contributed by atoms with Crippen LogP contribution in [-0.4, -0.2) is 10.3 Å². The zero-order valence-corrected chi connectivity index (χ0v) is 12.9. The topological polar surface area (TPSA) is 26.3 Å². The Morgan fingerprint density at radius 3 is 2.53 bits per heavy atom. The fraction of sp³-hybridized carbons (Fsp3) is 0.625. The third kappa shape index (κ3) is 3.90. The third-order valence-electron chi connectivity index (χ3n) is 4.11. The van der Waals surface area contributed by atoms with E-state index in [1.807, 2.05) is 30.3 Å². The Hall–Kier alpha value is -0.670. The lowest BCUT2D eigenvalue weighted by Crippen LogP contribution is -2.34. The third-order valence-corrected chi connectivity index (χ3v) is 5.19. The van der Waals surface area contributed by atoms with Crippen molar-refractivity contribution in [3.63, 3.8) is 0 Å². The molecule has 0 heterocycles. The minimum Gasteiger partial charge on any atom is -0.283 e. The van der Waals surface area contributed by atoms with Crippen molar-refractivity contribution in [3.05, 3.63) is 30.3 Å². The standard InChI is InChI=1S/C16H24O2S/c1-12(2)15-10-9-13(3)11-16(15)18-19(17)14-7-5-4-6-8-14/h4-8,12-13,15-16H,9-11H2,1-3H3.